The Kier molecular flexibility index (Phi) is 12.2. The summed E-state index contributed by atoms with van der Waals surface area (Å²) in [7, 11) is 0. The van der Waals surface area contributed by atoms with E-state index in [0.717, 1.165) is 35.4 Å². The van der Waals surface area contributed by atoms with Crippen LogP contribution in [-0.4, -0.2) is 40.5 Å². The summed E-state index contributed by atoms with van der Waals surface area (Å²) in [5.74, 6) is 0.936. The molecule has 1 N–H and O–H groups in total. The van der Waals surface area contributed by atoms with Crippen LogP contribution in [0.5, 0.6) is 0 Å². The molecular weight excluding hydrogens is 372 g/mol. The highest BCUT2D eigenvalue weighted by molar-refractivity contribution is 9.10. The van der Waals surface area contributed by atoms with Crippen LogP contribution in [-0.2, 0) is 0 Å². The second-order valence-corrected chi connectivity index (χ2v) is 6.60. The molecule has 0 unspecified atom stereocenters. The van der Waals surface area contributed by atoms with Crippen molar-refractivity contribution < 1.29 is 17.6 Å². The molecule has 0 amide bonds. The Labute approximate surface area is 146 Å². The summed E-state index contributed by atoms with van der Waals surface area (Å²) in [6, 6.07) is 7.85. The molecular formula is C15H23BrClN2OS-. The second kappa shape index (κ2) is 12.3. The van der Waals surface area contributed by atoms with Crippen molar-refractivity contribution >= 4 is 32.7 Å². The van der Waals surface area contributed by atoms with Gasteiger partial charge in [-0.25, -0.2) is 0 Å². The molecule has 0 aliphatic rings. The number of thioether (sulfide) groups is 1. The maximum absolute atomic E-state index is 9.18. The Morgan fingerprint density at radius 3 is 2.43 bits per heavy atom. The molecule has 0 aliphatic heterocycles. The lowest BCUT2D eigenvalue weighted by molar-refractivity contribution is -0.00000489. The minimum Gasteiger partial charge on any atom is -1.00 e. The van der Waals surface area contributed by atoms with Gasteiger partial charge in [-0.3, -0.25) is 0 Å². The molecule has 0 heterocycles. The molecule has 0 radical (unpaired) electrons. The van der Waals surface area contributed by atoms with Crippen LogP contribution in [0.1, 0.15) is 32.3 Å². The van der Waals surface area contributed by atoms with Crippen LogP contribution in [0.4, 0.5) is 0 Å². The maximum atomic E-state index is 9.18. The summed E-state index contributed by atoms with van der Waals surface area (Å²) < 4.78 is 0.996. The Balaban J connectivity index is 0.00000400. The fourth-order valence-corrected chi connectivity index (χ4v) is 3.32. The van der Waals surface area contributed by atoms with Gasteiger partial charge in [0.2, 0.25) is 0 Å². The van der Waals surface area contributed by atoms with Crippen LogP contribution in [0.2, 0.25) is 0 Å². The molecule has 1 rings (SSSR count). The predicted molar refractivity (Wildman–Crippen MR) is 91.9 cm³/mol. The van der Waals surface area contributed by atoms with Crippen molar-refractivity contribution in [1.29, 1.82) is 0 Å². The van der Waals surface area contributed by atoms with Crippen LogP contribution >= 0.6 is 27.7 Å². The lowest BCUT2D eigenvalue weighted by atomic mass is 10.2. The van der Waals surface area contributed by atoms with Crippen LogP contribution < -0.4 is 12.4 Å². The van der Waals surface area contributed by atoms with Gasteiger partial charge in [-0.2, -0.15) is 0 Å². The van der Waals surface area contributed by atoms with Gasteiger partial charge in [0.15, 0.2) is 0 Å². The van der Waals surface area contributed by atoms with Crippen LogP contribution in [0.15, 0.2) is 33.9 Å². The number of hydrogen-bond donors (Lipinski definition) is 1. The normalized spacial score (nSPS) is 11.5. The van der Waals surface area contributed by atoms with E-state index in [2.05, 4.69) is 39.8 Å². The first-order valence-electron chi connectivity index (χ1n) is 7.04. The third-order valence-corrected chi connectivity index (χ3v) is 4.36. The zero-order valence-electron chi connectivity index (χ0n) is 12.6. The number of benzene rings is 1. The lowest BCUT2D eigenvalue weighted by Gasteiger charge is -2.20. The minimum absolute atomic E-state index is 0. The van der Waals surface area contributed by atoms with E-state index in [1.54, 1.807) is 11.8 Å². The number of rotatable bonds is 8. The Morgan fingerprint density at radius 2 is 1.90 bits per heavy atom. The van der Waals surface area contributed by atoms with Gasteiger partial charge in [0.05, 0.1) is 0 Å². The molecule has 0 atom stereocenters. The molecule has 0 bridgehead atoms. The average molecular weight is 395 g/mol. The van der Waals surface area contributed by atoms with Crippen LogP contribution in [0.3, 0.4) is 0 Å². The van der Waals surface area contributed by atoms with Gasteiger partial charge in [0.1, 0.15) is 5.04 Å². The summed E-state index contributed by atoms with van der Waals surface area (Å²) in [6.45, 7) is 7.71. The van der Waals surface area contributed by atoms with Gasteiger partial charge in [-0.05, 0) is 38.1 Å². The second-order valence-electron chi connectivity index (χ2n) is 4.61. The SMILES string of the molecule is CCCN(CCC)CCS/C(=N/O)c1cccc(Br)c1.[Cl-]. The number of oxime groups is 1. The largest absolute Gasteiger partial charge is 1.00 e. The van der Waals surface area contributed by atoms with Crippen molar-refractivity contribution in [2.75, 3.05) is 25.4 Å². The highest BCUT2D eigenvalue weighted by Gasteiger charge is 2.08. The molecule has 6 heteroatoms. The van der Waals surface area contributed by atoms with Crippen LogP contribution in [0.25, 0.3) is 0 Å². The van der Waals surface area contributed by atoms with Crippen molar-refractivity contribution in [1.82, 2.24) is 4.90 Å². The third-order valence-electron chi connectivity index (χ3n) is 2.89. The molecule has 3 nitrogen and oxygen atoms in total. The monoisotopic (exact) mass is 393 g/mol. The van der Waals surface area contributed by atoms with Gasteiger partial charge < -0.3 is 22.5 Å². The van der Waals surface area contributed by atoms with Crippen molar-refractivity contribution in [3.05, 3.63) is 34.3 Å². The molecule has 1 aromatic rings. The number of nitrogens with zero attached hydrogens (tertiary/aromatic N) is 2. The van der Waals surface area contributed by atoms with Gasteiger partial charge in [0.25, 0.3) is 0 Å². The van der Waals surface area contributed by atoms with E-state index < -0.39 is 0 Å². The van der Waals surface area contributed by atoms with Crippen LogP contribution in [0, 0.1) is 0 Å². The minimum atomic E-state index is 0. The Morgan fingerprint density at radius 1 is 1.24 bits per heavy atom. The summed E-state index contributed by atoms with van der Waals surface area (Å²) in [5.41, 5.74) is 0.949. The van der Waals surface area contributed by atoms with Crippen molar-refractivity contribution in [2.45, 2.75) is 26.7 Å². The van der Waals surface area contributed by atoms with E-state index in [9.17, 15) is 5.21 Å². The molecule has 1 aromatic carbocycles. The summed E-state index contributed by atoms with van der Waals surface area (Å²) in [5, 5.41) is 13.3. The van der Waals surface area contributed by atoms with Gasteiger partial charge in [-0.1, -0.05) is 47.1 Å². The van der Waals surface area contributed by atoms with E-state index >= 15 is 0 Å². The lowest BCUT2D eigenvalue weighted by Crippen LogP contribution is -3.00. The zero-order valence-corrected chi connectivity index (χ0v) is 15.7. The molecule has 0 fully saturated rings. The molecule has 0 saturated carbocycles. The molecule has 0 saturated heterocycles. The average Bonchev–Trinajstić information content (AvgIpc) is 2.44. The smallest absolute Gasteiger partial charge is 0.143 e. The van der Waals surface area contributed by atoms with E-state index in [-0.39, 0.29) is 12.4 Å². The molecule has 0 spiro atoms. The summed E-state index contributed by atoms with van der Waals surface area (Å²) >= 11 is 5.04. The summed E-state index contributed by atoms with van der Waals surface area (Å²) in [4.78, 5) is 2.46. The first kappa shape index (κ1) is 20.8. The summed E-state index contributed by atoms with van der Waals surface area (Å²) in [6.07, 6.45) is 2.36. The van der Waals surface area contributed by atoms with Gasteiger partial charge in [-0.15, -0.1) is 11.8 Å². The zero-order chi connectivity index (χ0) is 14.8. The fourth-order valence-electron chi connectivity index (χ4n) is 2.03. The van der Waals surface area contributed by atoms with Crippen molar-refractivity contribution in [3.63, 3.8) is 0 Å². The van der Waals surface area contributed by atoms with Crippen molar-refractivity contribution in [3.8, 4) is 0 Å². The first-order valence-corrected chi connectivity index (χ1v) is 8.82. The molecule has 21 heavy (non-hydrogen) atoms. The topological polar surface area (TPSA) is 35.8 Å². The maximum Gasteiger partial charge on any atom is 0.143 e. The molecule has 0 aromatic heterocycles. The van der Waals surface area contributed by atoms with E-state index in [1.807, 2.05) is 24.3 Å². The van der Waals surface area contributed by atoms with E-state index in [0.29, 0.717) is 5.04 Å². The van der Waals surface area contributed by atoms with E-state index in [4.69, 9.17) is 0 Å². The third kappa shape index (κ3) is 8.10. The number of halogens is 2. The quantitative estimate of drug-likeness (QED) is 0.314. The Hall–Kier alpha value is -0.230. The fraction of sp³-hybridized carbons (Fsp3) is 0.533. The van der Waals surface area contributed by atoms with E-state index in [1.165, 1.54) is 12.8 Å². The highest BCUT2D eigenvalue weighted by Crippen LogP contribution is 2.18. The standard InChI is InChI=1S/C15H23BrN2OS.ClH/c1-3-8-18(9-4-2)10-11-20-15(17-19)13-6-5-7-14(16)12-13;/h5-7,12,19H,3-4,8-11H2,1-2H3;1H/p-1/b17-15+;. The highest BCUT2D eigenvalue weighted by atomic mass is 79.9. The van der Waals surface area contributed by atoms with Gasteiger partial charge >= 0.3 is 0 Å². The molecule has 0 aliphatic carbocycles. The Bertz CT molecular complexity index is 426. The molecule has 120 valence electrons. The predicted octanol–water partition coefficient (Wildman–Crippen LogP) is 1.44. The van der Waals surface area contributed by atoms with Gasteiger partial charge in [0, 0.05) is 22.3 Å². The first-order chi connectivity index (χ1) is 9.71. The van der Waals surface area contributed by atoms with Crippen molar-refractivity contribution in [2.24, 2.45) is 5.16 Å². The number of hydrogen-bond acceptors (Lipinski definition) is 4.